The fourth-order valence-electron chi connectivity index (χ4n) is 3.75. The SMILES string of the molecule is CNC1CCC(c2c[nH]c3cc(N=Cc4cccs4)ccc23)CC1. The van der Waals surface area contributed by atoms with Gasteiger partial charge in [0.15, 0.2) is 0 Å². The van der Waals surface area contributed by atoms with Gasteiger partial charge in [-0.3, -0.25) is 4.99 Å². The first-order chi connectivity index (χ1) is 11.8. The van der Waals surface area contributed by atoms with Gasteiger partial charge in [0.2, 0.25) is 0 Å². The summed E-state index contributed by atoms with van der Waals surface area (Å²) >= 11 is 1.71. The molecule has 1 fully saturated rings. The number of aliphatic imine (C=N–C) groups is 1. The van der Waals surface area contributed by atoms with Crippen molar-refractivity contribution in [1.29, 1.82) is 0 Å². The number of aromatic nitrogens is 1. The number of nitrogens with zero attached hydrogens (tertiary/aromatic N) is 1. The van der Waals surface area contributed by atoms with Crippen LogP contribution in [0.2, 0.25) is 0 Å². The van der Waals surface area contributed by atoms with Gasteiger partial charge in [0.05, 0.1) is 5.69 Å². The summed E-state index contributed by atoms with van der Waals surface area (Å²) in [5.41, 5.74) is 3.68. The molecule has 1 saturated carbocycles. The fraction of sp³-hybridized carbons (Fsp3) is 0.350. The average molecular weight is 337 g/mol. The Kier molecular flexibility index (Phi) is 4.50. The molecule has 0 radical (unpaired) electrons. The minimum Gasteiger partial charge on any atom is -0.361 e. The molecule has 2 heterocycles. The van der Waals surface area contributed by atoms with Crippen LogP contribution in [0, 0.1) is 0 Å². The highest BCUT2D eigenvalue weighted by Gasteiger charge is 2.23. The highest BCUT2D eigenvalue weighted by molar-refractivity contribution is 7.11. The van der Waals surface area contributed by atoms with Crippen molar-refractivity contribution < 1.29 is 0 Å². The van der Waals surface area contributed by atoms with Gasteiger partial charge in [-0.25, -0.2) is 0 Å². The fourth-order valence-corrected chi connectivity index (χ4v) is 4.34. The third kappa shape index (κ3) is 3.17. The Morgan fingerprint density at radius 1 is 1.21 bits per heavy atom. The van der Waals surface area contributed by atoms with Crippen LogP contribution < -0.4 is 5.32 Å². The molecule has 0 atom stereocenters. The Morgan fingerprint density at radius 3 is 2.83 bits per heavy atom. The third-order valence-electron chi connectivity index (χ3n) is 5.16. The lowest BCUT2D eigenvalue weighted by molar-refractivity contribution is 0.360. The van der Waals surface area contributed by atoms with Crippen molar-refractivity contribution in [2.24, 2.45) is 4.99 Å². The van der Waals surface area contributed by atoms with Crippen LogP contribution in [0.3, 0.4) is 0 Å². The number of H-pyrrole nitrogens is 1. The van der Waals surface area contributed by atoms with Crippen molar-refractivity contribution in [1.82, 2.24) is 10.3 Å². The minimum absolute atomic E-state index is 0.684. The molecular weight excluding hydrogens is 314 g/mol. The number of hydrogen-bond donors (Lipinski definition) is 2. The first-order valence-corrected chi connectivity index (χ1v) is 9.57. The van der Waals surface area contributed by atoms with Crippen molar-refractivity contribution in [3.8, 4) is 0 Å². The summed E-state index contributed by atoms with van der Waals surface area (Å²) in [7, 11) is 2.08. The quantitative estimate of drug-likeness (QED) is 0.629. The number of rotatable bonds is 4. The van der Waals surface area contributed by atoms with Crippen molar-refractivity contribution in [3.63, 3.8) is 0 Å². The molecule has 3 nitrogen and oxygen atoms in total. The van der Waals surface area contributed by atoms with E-state index >= 15 is 0 Å². The number of fused-ring (bicyclic) bond motifs is 1. The van der Waals surface area contributed by atoms with E-state index in [1.807, 2.05) is 6.21 Å². The van der Waals surface area contributed by atoms with E-state index in [1.165, 1.54) is 47.0 Å². The van der Waals surface area contributed by atoms with Crippen molar-refractivity contribution in [2.75, 3.05) is 7.05 Å². The number of aromatic amines is 1. The van der Waals surface area contributed by atoms with E-state index in [0.29, 0.717) is 12.0 Å². The molecule has 0 saturated heterocycles. The summed E-state index contributed by atoms with van der Waals surface area (Å²) in [4.78, 5) is 9.24. The monoisotopic (exact) mass is 337 g/mol. The van der Waals surface area contributed by atoms with E-state index in [1.54, 1.807) is 11.3 Å². The largest absolute Gasteiger partial charge is 0.361 e. The van der Waals surface area contributed by atoms with Gasteiger partial charge in [0.1, 0.15) is 0 Å². The van der Waals surface area contributed by atoms with E-state index < -0.39 is 0 Å². The summed E-state index contributed by atoms with van der Waals surface area (Å²) in [6.45, 7) is 0. The molecule has 0 aliphatic heterocycles. The molecule has 4 heteroatoms. The van der Waals surface area contributed by atoms with Gasteiger partial charge in [0.25, 0.3) is 0 Å². The van der Waals surface area contributed by atoms with Crippen LogP contribution in [0.1, 0.15) is 42.0 Å². The van der Waals surface area contributed by atoms with Crippen LogP contribution in [-0.4, -0.2) is 24.3 Å². The lowest BCUT2D eigenvalue weighted by Crippen LogP contribution is -2.29. The Bertz CT molecular complexity index is 824. The van der Waals surface area contributed by atoms with Gasteiger partial charge in [0, 0.05) is 34.2 Å². The number of benzene rings is 1. The molecule has 1 aliphatic carbocycles. The molecule has 2 aromatic heterocycles. The maximum Gasteiger partial charge on any atom is 0.0651 e. The Morgan fingerprint density at radius 2 is 2.08 bits per heavy atom. The number of hydrogen-bond acceptors (Lipinski definition) is 3. The van der Waals surface area contributed by atoms with E-state index in [0.717, 1.165) is 5.69 Å². The molecule has 0 unspecified atom stereocenters. The van der Waals surface area contributed by atoms with Crippen LogP contribution in [-0.2, 0) is 0 Å². The minimum atomic E-state index is 0.684. The first kappa shape index (κ1) is 15.6. The lowest BCUT2D eigenvalue weighted by Gasteiger charge is -2.28. The Labute approximate surface area is 146 Å². The van der Waals surface area contributed by atoms with Crippen LogP contribution in [0.5, 0.6) is 0 Å². The second kappa shape index (κ2) is 6.91. The molecule has 0 bridgehead atoms. The first-order valence-electron chi connectivity index (χ1n) is 8.69. The highest BCUT2D eigenvalue weighted by atomic mass is 32.1. The van der Waals surface area contributed by atoms with Gasteiger partial charge in [-0.05, 0) is 67.8 Å². The van der Waals surface area contributed by atoms with Gasteiger partial charge in [-0.1, -0.05) is 12.1 Å². The maximum atomic E-state index is 4.60. The molecule has 4 rings (SSSR count). The topological polar surface area (TPSA) is 40.2 Å². The van der Waals surface area contributed by atoms with Gasteiger partial charge >= 0.3 is 0 Å². The molecule has 1 aromatic carbocycles. The van der Waals surface area contributed by atoms with E-state index in [9.17, 15) is 0 Å². The predicted molar refractivity (Wildman–Crippen MR) is 104 cm³/mol. The number of thiophene rings is 1. The molecule has 1 aliphatic rings. The summed E-state index contributed by atoms with van der Waals surface area (Å²) in [6.07, 6.45) is 9.25. The highest BCUT2D eigenvalue weighted by Crippen LogP contribution is 2.37. The molecule has 0 spiro atoms. The van der Waals surface area contributed by atoms with E-state index in [4.69, 9.17) is 0 Å². The van der Waals surface area contributed by atoms with Crippen molar-refractivity contribution in [2.45, 2.75) is 37.6 Å². The molecule has 0 amide bonds. The summed E-state index contributed by atoms with van der Waals surface area (Å²) < 4.78 is 0. The smallest absolute Gasteiger partial charge is 0.0651 e. The zero-order chi connectivity index (χ0) is 16.4. The van der Waals surface area contributed by atoms with Crippen LogP contribution in [0.25, 0.3) is 10.9 Å². The summed E-state index contributed by atoms with van der Waals surface area (Å²) in [5.74, 6) is 0.684. The molecule has 124 valence electrons. The van der Waals surface area contributed by atoms with Crippen molar-refractivity contribution in [3.05, 3.63) is 52.3 Å². The normalized spacial score (nSPS) is 21.7. The zero-order valence-corrected chi connectivity index (χ0v) is 14.8. The second-order valence-corrected chi connectivity index (χ2v) is 7.56. The maximum absolute atomic E-state index is 4.60. The van der Waals surface area contributed by atoms with Gasteiger partial charge in [-0.15, -0.1) is 11.3 Å². The lowest BCUT2D eigenvalue weighted by atomic mass is 9.81. The Hall–Kier alpha value is -1.91. The van der Waals surface area contributed by atoms with Crippen molar-refractivity contribution >= 4 is 34.1 Å². The van der Waals surface area contributed by atoms with Crippen LogP contribution >= 0.6 is 11.3 Å². The molecule has 2 N–H and O–H groups in total. The average Bonchev–Trinajstić information content (AvgIpc) is 3.29. The van der Waals surface area contributed by atoms with Gasteiger partial charge in [-0.2, -0.15) is 0 Å². The molecule has 3 aromatic rings. The zero-order valence-electron chi connectivity index (χ0n) is 14.0. The molecular formula is C20H23N3S. The predicted octanol–water partition coefficient (Wildman–Crippen LogP) is 5.23. The summed E-state index contributed by atoms with van der Waals surface area (Å²) in [5, 5.41) is 6.85. The van der Waals surface area contributed by atoms with E-state index in [2.05, 4.69) is 64.2 Å². The number of nitrogens with one attached hydrogen (secondary N) is 2. The van der Waals surface area contributed by atoms with Gasteiger partial charge < -0.3 is 10.3 Å². The van der Waals surface area contributed by atoms with E-state index in [-0.39, 0.29) is 0 Å². The summed E-state index contributed by atoms with van der Waals surface area (Å²) in [6, 6.07) is 11.3. The third-order valence-corrected chi connectivity index (χ3v) is 5.96. The van der Waals surface area contributed by atoms with Crippen LogP contribution in [0.4, 0.5) is 5.69 Å². The Balaban J connectivity index is 1.55. The molecule has 24 heavy (non-hydrogen) atoms. The second-order valence-electron chi connectivity index (χ2n) is 6.58. The standard InChI is InChI=1S/C20H23N3S/c1-21-15-6-4-14(5-7-15)19-13-23-20-11-16(8-9-18(19)20)22-12-17-3-2-10-24-17/h2-3,8-15,21,23H,4-7H2,1H3. The van der Waals surface area contributed by atoms with Crippen LogP contribution in [0.15, 0.2) is 46.9 Å².